The summed E-state index contributed by atoms with van der Waals surface area (Å²) in [6.45, 7) is 6.12. The minimum Gasteiger partial charge on any atom is -0.493 e. The average Bonchev–Trinajstić information content (AvgIpc) is 2.31. The number of hydrogen-bond acceptors (Lipinski definition) is 3. The highest BCUT2D eigenvalue weighted by atomic mass is 16.5. The van der Waals surface area contributed by atoms with Gasteiger partial charge in [0.05, 0.1) is 12.7 Å². The molecule has 0 saturated heterocycles. The number of carbonyl (C=O) groups excluding carboxylic acids is 1. The van der Waals surface area contributed by atoms with Crippen molar-refractivity contribution in [3.8, 4) is 11.5 Å². The largest absolute Gasteiger partial charge is 0.493 e. The molecule has 0 spiro atoms. The molecule has 0 heterocycles. The number of benzene rings is 1. The van der Waals surface area contributed by atoms with Crippen LogP contribution in [0.4, 0.5) is 0 Å². The van der Waals surface area contributed by atoms with Crippen molar-refractivity contribution in [3.05, 3.63) is 24.3 Å². The van der Waals surface area contributed by atoms with E-state index in [-0.39, 0.29) is 11.9 Å². The minimum atomic E-state index is 0.140. The van der Waals surface area contributed by atoms with E-state index in [9.17, 15) is 4.79 Å². The third-order valence-electron chi connectivity index (χ3n) is 2.46. The van der Waals surface area contributed by atoms with Crippen molar-refractivity contribution in [2.45, 2.75) is 39.7 Å². The first-order chi connectivity index (χ1) is 8.11. The van der Waals surface area contributed by atoms with Crippen LogP contribution in [0.2, 0.25) is 0 Å². The van der Waals surface area contributed by atoms with Gasteiger partial charge in [0.1, 0.15) is 17.3 Å². The van der Waals surface area contributed by atoms with Crippen molar-refractivity contribution in [2.75, 3.05) is 6.61 Å². The lowest BCUT2D eigenvalue weighted by molar-refractivity contribution is -0.117. The van der Waals surface area contributed by atoms with E-state index in [0.29, 0.717) is 13.0 Å². The number of rotatable bonds is 7. The van der Waals surface area contributed by atoms with Crippen LogP contribution in [0.25, 0.3) is 0 Å². The van der Waals surface area contributed by atoms with Gasteiger partial charge in [0.2, 0.25) is 0 Å². The van der Waals surface area contributed by atoms with E-state index in [1.807, 2.05) is 31.2 Å². The van der Waals surface area contributed by atoms with Crippen molar-refractivity contribution >= 4 is 5.78 Å². The van der Waals surface area contributed by atoms with E-state index in [1.54, 1.807) is 6.92 Å². The van der Waals surface area contributed by atoms with Gasteiger partial charge in [-0.2, -0.15) is 0 Å². The van der Waals surface area contributed by atoms with Crippen LogP contribution in [-0.4, -0.2) is 18.5 Å². The van der Waals surface area contributed by atoms with Crippen LogP contribution in [0.15, 0.2) is 24.3 Å². The van der Waals surface area contributed by atoms with Gasteiger partial charge in [-0.1, -0.05) is 6.92 Å². The number of hydrogen-bond donors (Lipinski definition) is 0. The molecule has 0 saturated carbocycles. The fraction of sp³-hybridized carbons (Fsp3) is 0.500. The van der Waals surface area contributed by atoms with Crippen LogP contribution >= 0.6 is 0 Å². The van der Waals surface area contributed by atoms with Crippen LogP contribution in [0, 0.1) is 0 Å². The Morgan fingerprint density at radius 2 is 1.82 bits per heavy atom. The second-order valence-corrected chi connectivity index (χ2v) is 4.11. The molecule has 0 aliphatic rings. The molecule has 1 atom stereocenters. The fourth-order valence-electron chi connectivity index (χ4n) is 1.24. The maximum Gasteiger partial charge on any atom is 0.133 e. The Bertz CT molecular complexity index is 343. The topological polar surface area (TPSA) is 35.5 Å². The number of Topliss-reactive ketones (excluding diaryl/α,β-unsaturated/α-hetero) is 1. The molecule has 0 aliphatic heterocycles. The Labute approximate surface area is 103 Å². The van der Waals surface area contributed by atoms with Crippen molar-refractivity contribution in [1.82, 2.24) is 0 Å². The molecule has 17 heavy (non-hydrogen) atoms. The van der Waals surface area contributed by atoms with Crippen molar-refractivity contribution in [2.24, 2.45) is 0 Å². The van der Waals surface area contributed by atoms with Crippen molar-refractivity contribution in [1.29, 1.82) is 0 Å². The molecule has 1 aromatic rings. The van der Waals surface area contributed by atoms with Crippen molar-refractivity contribution < 1.29 is 14.3 Å². The zero-order valence-corrected chi connectivity index (χ0v) is 10.7. The first kappa shape index (κ1) is 13.6. The van der Waals surface area contributed by atoms with Gasteiger partial charge in [-0.05, 0) is 44.5 Å². The molecule has 3 nitrogen and oxygen atoms in total. The van der Waals surface area contributed by atoms with Crippen LogP contribution in [0.3, 0.4) is 0 Å². The van der Waals surface area contributed by atoms with Crippen molar-refractivity contribution in [3.63, 3.8) is 0 Å². The van der Waals surface area contributed by atoms with E-state index in [1.165, 1.54) is 0 Å². The molecule has 0 fully saturated rings. The molecule has 94 valence electrons. The first-order valence-corrected chi connectivity index (χ1v) is 6.00. The third kappa shape index (κ3) is 5.38. The van der Waals surface area contributed by atoms with Crippen LogP contribution < -0.4 is 9.47 Å². The summed E-state index contributed by atoms with van der Waals surface area (Å²) in [6.07, 6.45) is 1.65. The van der Waals surface area contributed by atoms with E-state index in [0.717, 1.165) is 17.9 Å². The molecule has 0 bridgehead atoms. The standard InChI is InChI=1S/C14H20O3/c1-4-12(3)17-14-7-5-13(6-8-14)16-10-9-11(2)15/h5-8,12H,4,9-10H2,1-3H3. The van der Waals surface area contributed by atoms with Gasteiger partial charge < -0.3 is 9.47 Å². The first-order valence-electron chi connectivity index (χ1n) is 6.00. The Morgan fingerprint density at radius 1 is 1.24 bits per heavy atom. The SMILES string of the molecule is CCC(C)Oc1ccc(OCCC(C)=O)cc1. The third-order valence-corrected chi connectivity index (χ3v) is 2.46. The van der Waals surface area contributed by atoms with Crippen LogP contribution in [0.1, 0.15) is 33.6 Å². The van der Waals surface area contributed by atoms with Gasteiger partial charge >= 0.3 is 0 Å². The summed E-state index contributed by atoms with van der Waals surface area (Å²) in [4.78, 5) is 10.7. The summed E-state index contributed by atoms with van der Waals surface area (Å²) in [7, 11) is 0. The maximum atomic E-state index is 10.7. The summed E-state index contributed by atoms with van der Waals surface area (Å²) in [5, 5.41) is 0. The van der Waals surface area contributed by atoms with Gasteiger partial charge in [0, 0.05) is 6.42 Å². The zero-order chi connectivity index (χ0) is 12.7. The highest BCUT2D eigenvalue weighted by molar-refractivity contribution is 5.75. The quantitative estimate of drug-likeness (QED) is 0.729. The van der Waals surface area contributed by atoms with Crippen LogP contribution in [0.5, 0.6) is 11.5 Å². The maximum absolute atomic E-state index is 10.7. The molecule has 0 aromatic heterocycles. The van der Waals surface area contributed by atoms with E-state index in [2.05, 4.69) is 6.92 Å². The Kier molecular flexibility index (Phi) is 5.53. The summed E-state index contributed by atoms with van der Waals surface area (Å²) in [6, 6.07) is 7.49. The molecule has 3 heteroatoms. The molecule has 0 aliphatic carbocycles. The summed E-state index contributed by atoms with van der Waals surface area (Å²) >= 11 is 0. The molecular formula is C14H20O3. The van der Waals surface area contributed by atoms with E-state index in [4.69, 9.17) is 9.47 Å². The predicted molar refractivity (Wildman–Crippen MR) is 67.6 cm³/mol. The molecule has 1 rings (SSSR count). The second-order valence-electron chi connectivity index (χ2n) is 4.11. The lowest BCUT2D eigenvalue weighted by Crippen LogP contribution is -2.09. The lowest BCUT2D eigenvalue weighted by Gasteiger charge is -2.12. The highest BCUT2D eigenvalue weighted by Gasteiger charge is 2.01. The number of ketones is 1. The molecule has 1 unspecified atom stereocenters. The summed E-state index contributed by atoms with van der Waals surface area (Å²) < 4.78 is 11.1. The Hall–Kier alpha value is -1.51. The second kappa shape index (κ2) is 6.94. The molecule has 0 radical (unpaired) electrons. The van der Waals surface area contributed by atoms with Gasteiger partial charge in [-0.25, -0.2) is 0 Å². The minimum absolute atomic E-state index is 0.140. The fourth-order valence-corrected chi connectivity index (χ4v) is 1.24. The van der Waals surface area contributed by atoms with E-state index < -0.39 is 0 Å². The Morgan fingerprint density at radius 3 is 2.35 bits per heavy atom. The molecule has 0 N–H and O–H groups in total. The Balaban J connectivity index is 2.42. The monoisotopic (exact) mass is 236 g/mol. The lowest BCUT2D eigenvalue weighted by atomic mass is 10.3. The summed E-state index contributed by atoms with van der Waals surface area (Å²) in [5.74, 6) is 1.75. The average molecular weight is 236 g/mol. The van der Waals surface area contributed by atoms with E-state index >= 15 is 0 Å². The number of carbonyl (C=O) groups is 1. The van der Waals surface area contributed by atoms with Gasteiger partial charge in [0.25, 0.3) is 0 Å². The highest BCUT2D eigenvalue weighted by Crippen LogP contribution is 2.19. The smallest absolute Gasteiger partial charge is 0.133 e. The van der Waals surface area contributed by atoms with Crippen LogP contribution in [-0.2, 0) is 4.79 Å². The molecule has 0 amide bonds. The molecular weight excluding hydrogens is 216 g/mol. The van der Waals surface area contributed by atoms with Gasteiger partial charge in [-0.3, -0.25) is 4.79 Å². The molecule has 1 aromatic carbocycles. The predicted octanol–water partition coefficient (Wildman–Crippen LogP) is 3.22. The van der Waals surface area contributed by atoms with Gasteiger partial charge in [0.15, 0.2) is 0 Å². The normalized spacial score (nSPS) is 11.9. The zero-order valence-electron chi connectivity index (χ0n) is 10.7. The summed E-state index contributed by atoms with van der Waals surface area (Å²) in [5.41, 5.74) is 0. The number of ether oxygens (including phenoxy) is 2. The van der Waals surface area contributed by atoms with Gasteiger partial charge in [-0.15, -0.1) is 0 Å².